The molecule has 158 valence electrons. The summed E-state index contributed by atoms with van der Waals surface area (Å²) in [5.74, 6) is -0.136. The van der Waals surface area contributed by atoms with Crippen LogP contribution in [0.5, 0.6) is 0 Å². The maximum absolute atomic E-state index is 14.0. The van der Waals surface area contributed by atoms with E-state index in [9.17, 15) is 14.0 Å². The van der Waals surface area contributed by atoms with Gasteiger partial charge in [0.1, 0.15) is 17.4 Å². The molecule has 8 nitrogen and oxygen atoms in total. The molecular weight excluding hydrogens is 477 g/mol. The van der Waals surface area contributed by atoms with E-state index in [0.29, 0.717) is 34.2 Å². The molecule has 0 saturated heterocycles. The number of anilines is 1. The zero-order valence-electron chi connectivity index (χ0n) is 16.0. The van der Waals surface area contributed by atoms with Crippen molar-refractivity contribution in [3.05, 3.63) is 58.5 Å². The molecular formula is C19H19BrFN5O3S. The molecule has 2 heterocycles. The van der Waals surface area contributed by atoms with Crippen molar-refractivity contribution in [3.63, 3.8) is 0 Å². The summed E-state index contributed by atoms with van der Waals surface area (Å²) in [6.07, 6.45) is 1.99. The molecule has 3 aromatic rings. The molecule has 0 aliphatic rings. The van der Waals surface area contributed by atoms with E-state index < -0.39 is 17.0 Å². The van der Waals surface area contributed by atoms with Gasteiger partial charge in [0.2, 0.25) is 11.8 Å². The van der Waals surface area contributed by atoms with Gasteiger partial charge < -0.3 is 15.5 Å². The van der Waals surface area contributed by atoms with E-state index in [1.165, 1.54) is 23.9 Å². The maximum atomic E-state index is 14.0. The second kappa shape index (κ2) is 9.90. The van der Waals surface area contributed by atoms with Crippen molar-refractivity contribution in [2.45, 2.75) is 36.7 Å². The topological polar surface area (TPSA) is 116 Å². The molecule has 1 atom stereocenters. The molecule has 0 spiro atoms. The van der Waals surface area contributed by atoms with Crippen molar-refractivity contribution in [3.8, 4) is 0 Å². The lowest BCUT2D eigenvalue weighted by Gasteiger charge is -2.13. The number of carbonyl (C=O) groups excluding carboxylic acids is 2. The summed E-state index contributed by atoms with van der Waals surface area (Å²) in [7, 11) is 0. The number of thioether (sulfide) groups is 1. The van der Waals surface area contributed by atoms with Crippen LogP contribution >= 0.6 is 27.7 Å². The molecule has 0 radical (unpaired) electrons. The Morgan fingerprint density at radius 1 is 1.37 bits per heavy atom. The Morgan fingerprint density at radius 3 is 2.83 bits per heavy atom. The second-order valence-corrected chi connectivity index (χ2v) is 8.63. The highest BCUT2D eigenvalue weighted by Crippen LogP contribution is 2.26. The zero-order chi connectivity index (χ0) is 21.7. The summed E-state index contributed by atoms with van der Waals surface area (Å²) < 4.78 is 21.8. The number of carbonyl (C=O) groups is 2. The van der Waals surface area contributed by atoms with Crippen molar-refractivity contribution >= 4 is 45.2 Å². The molecule has 2 aromatic heterocycles. The SMILES string of the molecule is CC(Sc1nnc(CCC(N)=O)n1Cc1ccco1)C(=O)Nc1ccc(Br)cc1F. The molecule has 30 heavy (non-hydrogen) atoms. The molecule has 1 aromatic carbocycles. The van der Waals surface area contributed by atoms with Crippen LogP contribution in [0, 0.1) is 5.82 Å². The fraction of sp³-hybridized carbons (Fsp3) is 0.263. The Labute approximate surface area is 184 Å². The Morgan fingerprint density at radius 2 is 2.17 bits per heavy atom. The average Bonchev–Trinajstić information content (AvgIpc) is 3.33. The lowest BCUT2D eigenvalue weighted by atomic mass is 10.3. The second-order valence-electron chi connectivity index (χ2n) is 6.40. The minimum atomic E-state index is -0.586. The Kier molecular flexibility index (Phi) is 7.27. The van der Waals surface area contributed by atoms with Crippen LogP contribution in [0.3, 0.4) is 0 Å². The quantitative estimate of drug-likeness (QED) is 0.439. The Bertz CT molecular complexity index is 1040. The first kappa shape index (κ1) is 22.0. The monoisotopic (exact) mass is 495 g/mol. The summed E-state index contributed by atoms with van der Waals surface area (Å²) in [5.41, 5.74) is 5.33. The number of benzene rings is 1. The number of amides is 2. The number of furan rings is 1. The summed E-state index contributed by atoms with van der Waals surface area (Å²) >= 11 is 4.35. The Hall–Kier alpha value is -2.66. The lowest BCUT2D eigenvalue weighted by molar-refractivity contribution is -0.118. The number of aromatic nitrogens is 3. The molecule has 3 rings (SSSR count). The van der Waals surface area contributed by atoms with Crippen LogP contribution in [0.15, 0.2) is 50.6 Å². The van der Waals surface area contributed by atoms with E-state index in [4.69, 9.17) is 10.2 Å². The number of nitrogens with one attached hydrogen (secondary N) is 1. The first-order chi connectivity index (χ1) is 14.3. The van der Waals surface area contributed by atoms with Crippen LogP contribution < -0.4 is 11.1 Å². The summed E-state index contributed by atoms with van der Waals surface area (Å²) in [6, 6.07) is 7.97. The molecule has 11 heteroatoms. The zero-order valence-corrected chi connectivity index (χ0v) is 18.4. The number of nitrogens with two attached hydrogens (primary N) is 1. The predicted molar refractivity (Wildman–Crippen MR) is 113 cm³/mol. The lowest BCUT2D eigenvalue weighted by Crippen LogP contribution is -2.23. The van der Waals surface area contributed by atoms with Gasteiger partial charge in [-0.1, -0.05) is 27.7 Å². The largest absolute Gasteiger partial charge is 0.467 e. The first-order valence-corrected chi connectivity index (χ1v) is 10.7. The first-order valence-electron chi connectivity index (χ1n) is 8.99. The van der Waals surface area contributed by atoms with Gasteiger partial charge in [-0.15, -0.1) is 10.2 Å². The van der Waals surface area contributed by atoms with Crippen molar-refractivity contribution in [2.75, 3.05) is 5.32 Å². The summed E-state index contributed by atoms with van der Waals surface area (Å²) in [6.45, 7) is 2.03. The number of nitrogens with zero attached hydrogens (tertiary/aromatic N) is 3. The molecule has 0 aliphatic carbocycles. The maximum Gasteiger partial charge on any atom is 0.237 e. The fourth-order valence-electron chi connectivity index (χ4n) is 2.58. The standard InChI is InChI=1S/C19H19BrFN5O3S/c1-11(18(28)23-15-5-4-12(20)9-14(15)21)30-19-25-24-17(7-6-16(22)27)26(19)10-13-3-2-8-29-13/h2-5,8-9,11H,6-7,10H2,1H3,(H2,22,27)(H,23,28). The molecule has 0 saturated carbocycles. The Balaban J connectivity index is 1.75. The van der Waals surface area contributed by atoms with Gasteiger partial charge in [-0.2, -0.15) is 0 Å². The van der Waals surface area contributed by atoms with E-state index in [2.05, 4.69) is 31.4 Å². The fourth-order valence-corrected chi connectivity index (χ4v) is 3.78. The van der Waals surface area contributed by atoms with Crippen LogP contribution in [0.4, 0.5) is 10.1 Å². The van der Waals surface area contributed by atoms with Crippen molar-refractivity contribution in [1.29, 1.82) is 0 Å². The highest BCUT2D eigenvalue weighted by atomic mass is 79.9. The number of hydrogen-bond donors (Lipinski definition) is 2. The van der Waals surface area contributed by atoms with Gasteiger partial charge >= 0.3 is 0 Å². The van der Waals surface area contributed by atoms with Gasteiger partial charge in [0.05, 0.1) is 23.7 Å². The number of rotatable bonds is 9. The highest BCUT2D eigenvalue weighted by molar-refractivity contribution is 9.10. The number of hydrogen-bond acceptors (Lipinski definition) is 6. The highest BCUT2D eigenvalue weighted by Gasteiger charge is 2.22. The van der Waals surface area contributed by atoms with E-state index in [1.807, 2.05) is 0 Å². The van der Waals surface area contributed by atoms with Gasteiger partial charge in [-0.25, -0.2) is 4.39 Å². The minimum Gasteiger partial charge on any atom is -0.467 e. The van der Waals surface area contributed by atoms with E-state index >= 15 is 0 Å². The van der Waals surface area contributed by atoms with E-state index in [1.54, 1.807) is 36.0 Å². The third-order valence-corrected chi connectivity index (χ3v) is 5.70. The molecule has 1 unspecified atom stereocenters. The summed E-state index contributed by atoms with van der Waals surface area (Å²) in [4.78, 5) is 23.7. The third kappa shape index (κ3) is 5.70. The van der Waals surface area contributed by atoms with Gasteiger partial charge in [0.25, 0.3) is 0 Å². The summed E-state index contributed by atoms with van der Waals surface area (Å²) in [5, 5.41) is 10.8. The van der Waals surface area contributed by atoms with Gasteiger partial charge in [0.15, 0.2) is 5.16 Å². The number of halogens is 2. The van der Waals surface area contributed by atoms with E-state index in [-0.39, 0.29) is 18.0 Å². The number of primary amides is 1. The number of aryl methyl sites for hydroxylation is 1. The van der Waals surface area contributed by atoms with Crippen LogP contribution in [-0.2, 0) is 22.6 Å². The average molecular weight is 496 g/mol. The smallest absolute Gasteiger partial charge is 0.237 e. The molecule has 3 N–H and O–H groups in total. The third-order valence-electron chi connectivity index (χ3n) is 4.12. The molecule has 0 aliphatic heterocycles. The predicted octanol–water partition coefficient (Wildman–Crippen LogP) is 3.36. The normalized spacial score (nSPS) is 12.0. The molecule has 2 amide bonds. The van der Waals surface area contributed by atoms with Crippen molar-refractivity contribution in [2.24, 2.45) is 5.73 Å². The van der Waals surface area contributed by atoms with Crippen LogP contribution in [-0.4, -0.2) is 31.8 Å². The van der Waals surface area contributed by atoms with Crippen molar-refractivity contribution < 1.29 is 18.4 Å². The van der Waals surface area contributed by atoms with Crippen LogP contribution in [0.25, 0.3) is 0 Å². The van der Waals surface area contributed by atoms with Gasteiger partial charge in [-0.05, 0) is 37.3 Å². The van der Waals surface area contributed by atoms with E-state index in [0.717, 1.165) is 0 Å². The molecule has 0 bridgehead atoms. The van der Waals surface area contributed by atoms with Crippen LogP contribution in [0.1, 0.15) is 24.9 Å². The minimum absolute atomic E-state index is 0.0925. The van der Waals surface area contributed by atoms with Crippen molar-refractivity contribution in [1.82, 2.24) is 14.8 Å². The van der Waals surface area contributed by atoms with Crippen LogP contribution in [0.2, 0.25) is 0 Å². The van der Waals surface area contributed by atoms with Gasteiger partial charge in [-0.3, -0.25) is 14.2 Å². The molecule has 0 fully saturated rings. The van der Waals surface area contributed by atoms with Gasteiger partial charge in [0, 0.05) is 17.3 Å².